The van der Waals surface area contributed by atoms with Gasteiger partial charge in [0.15, 0.2) is 0 Å². The largest absolute Gasteiger partial charge is 0.496 e. The second-order valence-corrected chi connectivity index (χ2v) is 7.05. The number of nitrogens with one attached hydrogen (secondary N) is 1. The predicted molar refractivity (Wildman–Crippen MR) is 112 cm³/mol. The third-order valence-corrected chi connectivity index (χ3v) is 5.21. The second-order valence-electron chi connectivity index (χ2n) is 7.05. The number of rotatable bonds is 5. The molecule has 5 nitrogen and oxygen atoms in total. The number of nitrogens with zero attached hydrogens (tertiary/aromatic N) is 1. The molecule has 3 aromatic carbocycles. The van der Waals surface area contributed by atoms with E-state index >= 15 is 0 Å². The third kappa shape index (κ3) is 3.89. The molecule has 0 bridgehead atoms. The summed E-state index contributed by atoms with van der Waals surface area (Å²) in [7, 11) is 1.59. The molecule has 1 aliphatic rings. The van der Waals surface area contributed by atoms with Gasteiger partial charge in [-0.15, -0.1) is 0 Å². The molecular formula is C24H21FN2O3. The molecule has 0 saturated heterocycles. The Morgan fingerprint density at radius 1 is 1.03 bits per heavy atom. The molecule has 6 heteroatoms. The van der Waals surface area contributed by atoms with E-state index in [1.807, 2.05) is 30.3 Å². The molecule has 1 aliphatic heterocycles. The number of ether oxygens (including phenoxy) is 1. The first-order valence-electron chi connectivity index (χ1n) is 9.67. The van der Waals surface area contributed by atoms with Crippen molar-refractivity contribution in [3.8, 4) is 5.75 Å². The lowest BCUT2D eigenvalue weighted by Crippen LogP contribution is -2.29. The summed E-state index contributed by atoms with van der Waals surface area (Å²) in [6, 6.07) is 18.4. The molecule has 30 heavy (non-hydrogen) atoms. The van der Waals surface area contributed by atoms with E-state index in [-0.39, 0.29) is 17.6 Å². The molecule has 0 radical (unpaired) electrons. The molecule has 0 atom stereocenters. The second kappa shape index (κ2) is 8.37. The van der Waals surface area contributed by atoms with Crippen LogP contribution in [0.15, 0.2) is 66.7 Å². The highest BCUT2D eigenvalue weighted by atomic mass is 19.1. The summed E-state index contributed by atoms with van der Waals surface area (Å²) in [5.74, 6) is -0.115. The standard InChI is InChI=1S/C24H21FN2O3/c1-30-22-5-3-2-4-19(22)15-26-23(28)18-7-6-16-12-13-27(21(16)14-18)24(29)17-8-10-20(25)11-9-17/h2-11,14H,12-13,15H2,1H3,(H,26,28). The van der Waals surface area contributed by atoms with E-state index in [4.69, 9.17) is 4.74 Å². The van der Waals surface area contributed by atoms with Crippen LogP contribution in [0.3, 0.4) is 0 Å². The first kappa shape index (κ1) is 19.6. The fraction of sp³-hybridized carbons (Fsp3) is 0.167. The van der Waals surface area contributed by atoms with E-state index in [0.717, 1.165) is 11.1 Å². The van der Waals surface area contributed by atoms with Crippen LogP contribution >= 0.6 is 0 Å². The van der Waals surface area contributed by atoms with Crippen molar-refractivity contribution in [2.75, 3.05) is 18.6 Å². The van der Waals surface area contributed by atoms with Crippen LogP contribution in [0.25, 0.3) is 0 Å². The van der Waals surface area contributed by atoms with Crippen molar-refractivity contribution in [3.05, 3.63) is 94.8 Å². The van der Waals surface area contributed by atoms with Crippen LogP contribution in [0, 0.1) is 5.82 Å². The molecule has 0 fully saturated rings. The summed E-state index contributed by atoms with van der Waals surface area (Å²) in [6.07, 6.45) is 0.714. The first-order chi connectivity index (χ1) is 14.6. The minimum Gasteiger partial charge on any atom is -0.496 e. The highest BCUT2D eigenvalue weighted by Gasteiger charge is 2.26. The zero-order chi connectivity index (χ0) is 21.1. The smallest absolute Gasteiger partial charge is 0.258 e. The highest BCUT2D eigenvalue weighted by molar-refractivity contribution is 6.08. The number of benzene rings is 3. The van der Waals surface area contributed by atoms with Gasteiger partial charge < -0.3 is 15.0 Å². The van der Waals surface area contributed by atoms with Gasteiger partial charge in [0.2, 0.25) is 0 Å². The van der Waals surface area contributed by atoms with E-state index in [1.54, 1.807) is 24.1 Å². The molecule has 2 amide bonds. The van der Waals surface area contributed by atoms with Crippen LogP contribution in [0.4, 0.5) is 10.1 Å². The molecule has 0 spiro atoms. The Hall–Kier alpha value is -3.67. The van der Waals surface area contributed by atoms with E-state index in [1.165, 1.54) is 24.3 Å². The fourth-order valence-corrected chi connectivity index (χ4v) is 3.61. The number of carbonyl (C=O) groups excluding carboxylic acids is 2. The Bertz CT molecular complexity index is 1100. The zero-order valence-electron chi connectivity index (χ0n) is 16.5. The average molecular weight is 404 g/mol. The van der Waals surface area contributed by atoms with Gasteiger partial charge in [0, 0.05) is 35.5 Å². The maximum atomic E-state index is 13.2. The van der Waals surface area contributed by atoms with Crippen molar-refractivity contribution in [1.29, 1.82) is 0 Å². The molecule has 0 aromatic heterocycles. The van der Waals surface area contributed by atoms with Crippen molar-refractivity contribution in [1.82, 2.24) is 5.32 Å². The Morgan fingerprint density at radius 2 is 1.77 bits per heavy atom. The van der Waals surface area contributed by atoms with Gasteiger partial charge in [-0.2, -0.15) is 0 Å². The van der Waals surface area contributed by atoms with E-state index in [9.17, 15) is 14.0 Å². The van der Waals surface area contributed by atoms with E-state index in [0.29, 0.717) is 42.1 Å². The van der Waals surface area contributed by atoms with Gasteiger partial charge in [-0.1, -0.05) is 24.3 Å². The molecule has 0 unspecified atom stereocenters. The molecule has 1 N–H and O–H groups in total. The Balaban J connectivity index is 1.51. The van der Waals surface area contributed by atoms with Gasteiger partial charge in [0.25, 0.3) is 11.8 Å². The Kier molecular flexibility index (Phi) is 5.48. The normalized spacial score (nSPS) is 12.4. The molecule has 152 valence electrons. The summed E-state index contributed by atoms with van der Waals surface area (Å²) in [6.45, 7) is 0.857. The molecule has 0 aliphatic carbocycles. The van der Waals surface area contributed by atoms with Gasteiger partial charge in [0.1, 0.15) is 11.6 Å². The predicted octanol–water partition coefficient (Wildman–Crippen LogP) is 3.97. The van der Waals surface area contributed by atoms with Gasteiger partial charge in [-0.3, -0.25) is 9.59 Å². The Labute approximate surface area is 174 Å². The van der Waals surface area contributed by atoms with E-state index < -0.39 is 0 Å². The van der Waals surface area contributed by atoms with Gasteiger partial charge >= 0.3 is 0 Å². The topological polar surface area (TPSA) is 58.6 Å². The molecule has 4 rings (SSSR count). The minimum atomic E-state index is -0.387. The van der Waals surface area contributed by atoms with Gasteiger partial charge in [0.05, 0.1) is 7.11 Å². The van der Waals surface area contributed by atoms with Crippen LogP contribution < -0.4 is 15.0 Å². The lowest BCUT2D eigenvalue weighted by atomic mass is 10.1. The van der Waals surface area contributed by atoms with Crippen LogP contribution in [0.2, 0.25) is 0 Å². The van der Waals surface area contributed by atoms with Crippen molar-refractivity contribution >= 4 is 17.5 Å². The van der Waals surface area contributed by atoms with Gasteiger partial charge in [-0.25, -0.2) is 4.39 Å². The maximum absolute atomic E-state index is 13.2. The van der Waals surface area contributed by atoms with Crippen molar-refractivity contribution < 1.29 is 18.7 Å². The first-order valence-corrected chi connectivity index (χ1v) is 9.67. The molecular weight excluding hydrogens is 383 g/mol. The zero-order valence-corrected chi connectivity index (χ0v) is 16.5. The van der Waals surface area contributed by atoms with Crippen molar-refractivity contribution in [3.63, 3.8) is 0 Å². The number of hydrogen-bond donors (Lipinski definition) is 1. The average Bonchev–Trinajstić information content (AvgIpc) is 3.21. The van der Waals surface area contributed by atoms with Crippen LogP contribution in [-0.2, 0) is 13.0 Å². The summed E-state index contributed by atoms with van der Waals surface area (Å²) in [5, 5.41) is 2.90. The minimum absolute atomic E-state index is 0.208. The Morgan fingerprint density at radius 3 is 2.53 bits per heavy atom. The van der Waals surface area contributed by atoms with Crippen LogP contribution in [0.5, 0.6) is 5.75 Å². The third-order valence-electron chi connectivity index (χ3n) is 5.21. The fourth-order valence-electron chi connectivity index (χ4n) is 3.61. The van der Waals surface area contributed by atoms with Crippen LogP contribution in [0.1, 0.15) is 31.8 Å². The summed E-state index contributed by atoms with van der Waals surface area (Å²) < 4.78 is 18.5. The van der Waals surface area contributed by atoms with Crippen LogP contribution in [-0.4, -0.2) is 25.5 Å². The van der Waals surface area contributed by atoms with Crippen molar-refractivity contribution in [2.45, 2.75) is 13.0 Å². The number of fused-ring (bicyclic) bond motifs is 1. The lowest BCUT2D eigenvalue weighted by molar-refractivity contribution is 0.0948. The monoisotopic (exact) mass is 404 g/mol. The van der Waals surface area contributed by atoms with E-state index in [2.05, 4.69) is 5.32 Å². The molecule has 3 aromatic rings. The number of halogens is 1. The SMILES string of the molecule is COc1ccccc1CNC(=O)c1ccc2c(c1)N(C(=O)c1ccc(F)cc1)CC2. The highest BCUT2D eigenvalue weighted by Crippen LogP contribution is 2.30. The number of carbonyl (C=O) groups is 2. The summed E-state index contributed by atoms with van der Waals surface area (Å²) >= 11 is 0. The molecule has 1 heterocycles. The number of anilines is 1. The maximum Gasteiger partial charge on any atom is 0.258 e. The lowest BCUT2D eigenvalue weighted by Gasteiger charge is -2.18. The number of hydrogen-bond acceptors (Lipinski definition) is 3. The number of amides is 2. The summed E-state index contributed by atoms with van der Waals surface area (Å²) in [4.78, 5) is 27.2. The number of para-hydroxylation sites is 1. The van der Waals surface area contributed by atoms with Gasteiger partial charge in [-0.05, 0) is 54.4 Å². The van der Waals surface area contributed by atoms with Crippen molar-refractivity contribution in [2.24, 2.45) is 0 Å². The quantitative estimate of drug-likeness (QED) is 0.700. The number of methoxy groups -OCH3 is 1. The summed E-state index contributed by atoms with van der Waals surface area (Å²) in [5.41, 5.74) is 3.49. The molecule has 0 saturated carbocycles.